The van der Waals surface area contributed by atoms with Crippen molar-refractivity contribution in [3.63, 3.8) is 0 Å². The minimum Gasteiger partial charge on any atom is -0.310 e. The minimum atomic E-state index is -0.185. The van der Waals surface area contributed by atoms with Crippen LogP contribution in [0.25, 0.3) is 0 Å². The largest absolute Gasteiger partial charge is 0.310 e. The van der Waals surface area contributed by atoms with Gasteiger partial charge in [0.2, 0.25) is 0 Å². The monoisotopic (exact) mass is 336 g/mol. The SMILES string of the molecule is CCNC(Cc1ccc(F)cc1C)c1cncc(Br)c1. The number of rotatable bonds is 5. The first-order valence-corrected chi connectivity index (χ1v) is 7.48. The molecule has 1 aromatic heterocycles. The Hall–Kier alpha value is -1.26. The number of pyridine rings is 1. The van der Waals surface area contributed by atoms with Gasteiger partial charge in [-0.05, 0) is 70.7 Å². The van der Waals surface area contributed by atoms with E-state index in [2.05, 4.69) is 39.2 Å². The average Bonchev–Trinajstić information content (AvgIpc) is 2.41. The molecule has 20 heavy (non-hydrogen) atoms. The topological polar surface area (TPSA) is 24.9 Å². The first-order valence-electron chi connectivity index (χ1n) is 6.69. The molecule has 1 heterocycles. The van der Waals surface area contributed by atoms with E-state index in [1.807, 2.05) is 19.2 Å². The van der Waals surface area contributed by atoms with Gasteiger partial charge in [0.15, 0.2) is 0 Å². The number of aromatic nitrogens is 1. The van der Waals surface area contributed by atoms with Gasteiger partial charge in [0, 0.05) is 22.9 Å². The van der Waals surface area contributed by atoms with Crippen LogP contribution in [0, 0.1) is 12.7 Å². The lowest BCUT2D eigenvalue weighted by Gasteiger charge is -2.19. The Kier molecular flexibility index (Phi) is 5.26. The molecular weight excluding hydrogens is 319 g/mol. The lowest BCUT2D eigenvalue weighted by atomic mass is 9.97. The smallest absolute Gasteiger partial charge is 0.123 e. The molecule has 2 nitrogen and oxygen atoms in total. The molecule has 1 N–H and O–H groups in total. The van der Waals surface area contributed by atoms with Crippen molar-refractivity contribution in [1.82, 2.24) is 10.3 Å². The van der Waals surface area contributed by atoms with E-state index in [1.165, 1.54) is 6.07 Å². The molecule has 2 rings (SSSR count). The van der Waals surface area contributed by atoms with Crippen molar-refractivity contribution in [3.8, 4) is 0 Å². The summed E-state index contributed by atoms with van der Waals surface area (Å²) in [5, 5.41) is 3.46. The maximum atomic E-state index is 13.2. The molecular formula is C16H18BrFN2. The molecule has 0 aliphatic rings. The summed E-state index contributed by atoms with van der Waals surface area (Å²) < 4.78 is 14.1. The summed E-state index contributed by atoms with van der Waals surface area (Å²) in [4.78, 5) is 4.22. The van der Waals surface area contributed by atoms with Crippen LogP contribution in [0.1, 0.15) is 29.7 Å². The normalized spacial score (nSPS) is 12.4. The van der Waals surface area contributed by atoms with Gasteiger partial charge in [0.05, 0.1) is 0 Å². The zero-order chi connectivity index (χ0) is 14.5. The van der Waals surface area contributed by atoms with E-state index in [-0.39, 0.29) is 11.9 Å². The highest BCUT2D eigenvalue weighted by Crippen LogP contribution is 2.22. The van der Waals surface area contributed by atoms with E-state index in [1.54, 1.807) is 12.3 Å². The van der Waals surface area contributed by atoms with Crippen molar-refractivity contribution in [2.75, 3.05) is 6.54 Å². The minimum absolute atomic E-state index is 0.175. The molecule has 2 aromatic rings. The second kappa shape index (κ2) is 6.95. The number of benzene rings is 1. The Morgan fingerprint density at radius 2 is 2.10 bits per heavy atom. The molecule has 0 aliphatic carbocycles. The van der Waals surface area contributed by atoms with Gasteiger partial charge in [-0.2, -0.15) is 0 Å². The first-order chi connectivity index (χ1) is 9.60. The number of hydrogen-bond acceptors (Lipinski definition) is 2. The maximum absolute atomic E-state index is 13.2. The Morgan fingerprint density at radius 3 is 2.75 bits per heavy atom. The molecule has 0 spiro atoms. The number of aryl methyl sites for hydroxylation is 1. The van der Waals surface area contributed by atoms with Crippen molar-refractivity contribution >= 4 is 15.9 Å². The fourth-order valence-electron chi connectivity index (χ4n) is 2.28. The van der Waals surface area contributed by atoms with Crippen LogP contribution < -0.4 is 5.32 Å². The van der Waals surface area contributed by atoms with E-state index in [0.717, 1.165) is 34.1 Å². The number of halogens is 2. The number of nitrogens with zero attached hydrogens (tertiary/aromatic N) is 1. The van der Waals surface area contributed by atoms with Crippen molar-refractivity contribution in [2.24, 2.45) is 0 Å². The lowest BCUT2D eigenvalue weighted by Crippen LogP contribution is -2.23. The van der Waals surface area contributed by atoms with E-state index in [9.17, 15) is 4.39 Å². The molecule has 0 amide bonds. The van der Waals surface area contributed by atoms with Crippen molar-refractivity contribution in [3.05, 3.63) is 63.6 Å². The van der Waals surface area contributed by atoms with E-state index >= 15 is 0 Å². The molecule has 0 aliphatic heterocycles. The Balaban J connectivity index is 2.25. The third kappa shape index (κ3) is 3.87. The van der Waals surface area contributed by atoms with Crippen LogP contribution in [0.5, 0.6) is 0 Å². The van der Waals surface area contributed by atoms with Crippen molar-refractivity contribution < 1.29 is 4.39 Å². The van der Waals surface area contributed by atoms with Gasteiger partial charge >= 0.3 is 0 Å². The zero-order valence-electron chi connectivity index (χ0n) is 11.7. The van der Waals surface area contributed by atoms with Crippen LogP contribution in [-0.2, 0) is 6.42 Å². The molecule has 0 fully saturated rings. The molecule has 0 radical (unpaired) electrons. The van der Waals surface area contributed by atoms with E-state index in [0.29, 0.717) is 0 Å². The summed E-state index contributed by atoms with van der Waals surface area (Å²) in [6.45, 7) is 4.90. The third-order valence-electron chi connectivity index (χ3n) is 3.31. The molecule has 1 aromatic carbocycles. The average molecular weight is 337 g/mol. The highest BCUT2D eigenvalue weighted by molar-refractivity contribution is 9.10. The molecule has 1 atom stereocenters. The third-order valence-corrected chi connectivity index (χ3v) is 3.74. The van der Waals surface area contributed by atoms with Gasteiger partial charge in [-0.25, -0.2) is 4.39 Å². The van der Waals surface area contributed by atoms with Crippen LogP contribution in [0.3, 0.4) is 0 Å². The summed E-state index contributed by atoms with van der Waals surface area (Å²) in [7, 11) is 0. The van der Waals surface area contributed by atoms with Crippen LogP contribution in [-0.4, -0.2) is 11.5 Å². The van der Waals surface area contributed by atoms with Crippen LogP contribution in [0.2, 0.25) is 0 Å². The summed E-state index contributed by atoms with van der Waals surface area (Å²) in [6, 6.07) is 7.20. The fraction of sp³-hybridized carbons (Fsp3) is 0.312. The second-order valence-electron chi connectivity index (χ2n) is 4.82. The predicted molar refractivity (Wildman–Crippen MR) is 83.2 cm³/mol. The first kappa shape index (κ1) is 15.1. The quantitative estimate of drug-likeness (QED) is 0.885. The molecule has 0 saturated heterocycles. The Labute approximate surface area is 127 Å². The molecule has 0 saturated carbocycles. The van der Waals surface area contributed by atoms with Gasteiger partial charge in [0.25, 0.3) is 0 Å². The van der Waals surface area contributed by atoms with Gasteiger partial charge in [-0.1, -0.05) is 13.0 Å². The fourth-order valence-corrected chi connectivity index (χ4v) is 2.66. The second-order valence-corrected chi connectivity index (χ2v) is 5.74. The molecule has 0 bridgehead atoms. The zero-order valence-corrected chi connectivity index (χ0v) is 13.2. The van der Waals surface area contributed by atoms with Crippen LogP contribution in [0.4, 0.5) is 4.39 Å². The van der Waals surface area contributed by atoms with Gasteiger partial charge < -0.3 is 5.32 Å². The van der Waals surface area contributed by atoms with Gasteiger partial charge in [-0.15, -0.1) is 0 Å². The van der Waals surface area contributed by atoms with E-state index in [4.69, 9.17) is 0 Å². The van der Waals surface area contributed by atoms with Crippen molar-refractivity contribution in [1.29, 1.82) is 0 Å². The Bertz CT molecular complexity index is 586. The van der Waals surface area contributed by atoms with Crippen LogP contribution in [0.15, 0.2) is 41.1 Å². The van der Waals surface area contributed by atoms with Gasteiger partial charge in [-0.3, -0.25) is 4.98 Å². The van der Waals surface area contributed by atoms with E-state index < -0.39 is 0 Å². The molecule has 106 valence electrons. The lowest BCUT2D eigenvalue weighted by molar-refractivity contribution is 0.545. The van der Waals surface area contributed by atoms with Gasteiger partial charge in [0.1, 0.15) is 5.82 Å². The predicted octanol–water partition coefficient (Wildman–Crippen LogP) is 4.18. The molecule has 4 heteroatoms. The summed E-state index contributed by atoms with van der Waals surface area (Å²) >= 11 is 3.45. The molecule has 1 unspecified atom stereocenters. The standard InChI is InChI=1S/C16H18BrFN2/c1-3-20-16(13-7-14(17)10-19-9-13)8-12-4-5-15(18)6-11(12)2/h4-7,9-10,16,20H,3,8H2,1-2H3. The van der Waals surface area contributed by atoms with Crippen LogP contribution >= 0.6 is 15.9 Å². The highest BCUT2D eigenvalue weighted by Gasteiger charge is 2.13. The highest BCUT2D eigenvalue weighted by atomic mass is 79.9. The number of likely N-dealkylation sites (N-methyl/N-ethyl adjacent to an activating group) is 1. The summed E-state index contributed by atoms with van der Waals surface area (Å²) in [6.07, 6.45) is 4.46. The Morgan fingerprint density at radius 1 is 1.30 bits per heavy atom. The summed E-state index contributed by atoms with van der Waals surface area (Å²) in [5.74, 6) is -0.185. The maximum Gasteiger partial charge on any atom is 0.123 e. The van der Waals surface area contributed by atoms with Crippen molar-refractivity contribution in [2.45, 2.75) is 26.3 Å². The summed E-state index contributed by atoms with van der Waals surface area (Å²) in [5.41, 5.74) is 3.26. The number of hydrogen-bond donors (Lipinski definition) is 1. The number of nitrogens with one attached hydrogen (secondary N) is 1.